The number of nitrogens with one attached hydrogen (secondary N) is 1. The summed E-state index contributed by atoms with van der Waals surface area (Å²) in [7, 11) is -3.76. The number of piperidine rings is 1. The van der Waals surface area contributed by atoms with Crippen LogP contribution < -0.4 is 4.72 Å². The van der Waals surface area contributed by atoms with Crippen LogP contribution in [0.15, 0.2) is 53.4 Å². The minimum atomic E-state index is -3.76. The Kier molecular flexibility index (Phi) is 5.24. The molecule has 0 spiro atoms. The van der Waals surface area contributed by atoms with Crippen LogP contribution in [0, 0.1) is 11.3 Å². The van der Waals surface area contributed by atoms with Gasteiger partial charge in [-0.05, 0) is 67.8 Å². The molecule has 1 N–H and O–H groups in total. The molecular formula is C19H19N3O3S. The van der Waals surface area contributed by atoms with Gasteiger partial charge in [-0.1, -0.05) is 0 Å². The largest absolute Gasteiger partial charge is 0.339 e. The molecule has 0 aliphatic carbocycles. The minimum Gasteiger partial charge on any atom is -0.339 e. The molecular weight excluding hydrogens is 350 g/mol. The van der Waals surface area contributed by atoms with E-state index in [1.54, 1.807) is 12.1 Å². The van der Waals surface area contributed by atoms with Gasteiger partial charge in [-0.15, -0.1) is 0 Å². The number of hydrogen-bond acceptors (Lipinski definition) is 4. The summed E-state index contributed by atoms with van der Waals surface area (Å²) < 4.78 is 27.4. The van der Waals surface area contributed by atoms with Crippen molar-refractivity contribution in [2.75, 3.05) is 17.8 Å². The average Bonchev–Trinajstić information content (AvgIpc) is 2.68. The van der Waals surface area contributed by atoms with E-state index >= 15 is 0 Å². The summed E-state index contributed by atoms with van der Waals surface area (Å²) in [5.74, 6) is -0.0614. The van der Waals surface area contributed by atoms with E-state index < -0.39 is 10.0 Å². The van der Waals surface area contributed by atoms with Crippen molar-refractivity contribution in [1.82, 2.24) is 4.90 Å². The Morgan fingerprint density at radius 3 is 2.15 bits per heavy atom. The summed E-state index contributed by atoms with van der Waals surface area (Å²) in [5.41, 5.74) is 1.32. The first-order valence-corrected chi connectivity index (χ1v) is 9.90. The Bertz CT molecular complexity index is 923. The maximum absolute atomic E-state index is 12.5. The van der Waals surface area contributed by atoms with Crippen molar-refractivity contribution in [3.63, 3.8) is 0 Å². The van der Waals surface area contributed by atoms with Gasteiger partial charge >= 0.3 is 0 Å². The monoisotopic (exact) mass is 369 g/mol. The number of amides is 1. The quantitative estimate of drug-likeness (QED) is 0.897. The second-order valence-electron chi connectivity index (χ2n) is 6.17. The molecule has 0 aromatic heterocycles. The highest BCUT2D eigenvalue weighted by Crippen LogP contribution is 2.19. The van der Waals surface area contributed by atoms with Gasteiger partial charge in [0.1, 0.15) is 0 Å². The van der Waals surface area contributed by atoms with Crippen LogP contribution in [0.3, 0.4) is 0 Å². The van der Waals surface area contributed by atoms with Crippen LogP contribution in [0.25, 0.3) is 0 Å². The highest BCUT2D eigenvalue weighted by Gasteiger charge is 2.20. The fourth-order valence-electron chi connectivity index (χ4n) is 2.88. The molecule has 1 aliphatic rings. The SMILES string of the molecule is N#Cc1ccc(NS(=O)(=O)c2ccc(C(=O)N3CCCCC3)cc2)cc1. The second-order valence-corrected chi connectivity index (χ2v) is 7.85. The van der Waals surface area contributed by atoms with Crippen molar-refractivity contribution in [3.05, 3.63) is 59.7 Å². The van der Waals surface area contributed by atoms with E-state index in [2.05, 4.69) is 4.72 Å². The third kappa shape index (κ3) is 4.03. The lowest BCUT2D eigenvalue weighted by atomic mass is 10.1. The van der Waals surface area contributed by atoms with Gasteiger partial charge in [0.05, 0.1) is 16.5 Å². The van der Waals surface area contributed by atoms with Crippen LogP contribution in [-0.4, -0.2) is 32.3 Å². The second kappa shape index (κ2) is 7.58. The van der Waals surface area contributed by atoms with Gasteiger partial charge in [0.2, 0.25) is 0 Å². The van der Waals surface area contributed by atoms with Gasteiger partial charge in [0, 0.05) is 24.3 Å². The molecule has 0 radical (unpaired) electrons. The number of carbonyl (C=O) groups excluding carboxylic acids is 1. The zero-order valence-electron chi connectivity index (χ0n) is 14.2. The Labute approximate surface area is 153 Å². The summed E-state index contributed by atoms with van der Waals surface area (Å²) in [6.45, 7) is 1.50. The predicted molar refractivity (Wildman–Crippen MR) is 98.2 cm³/mol. The summed E-state index contributed by atoms with van der Waals surface area (Å²) in [5, 5.41) is 8.78. The number of rotatable bonds is 4. The maximum Gasteiger partial charge on any atom is 0.261 e. The van der Waals surface area contributed by atoms with E-state index in [0.29, 0.717) is 16.8 Å². The molecule has 1 amide bonds. The molecule has 0 atom stereocenters. The van der Waals surface area contributed by atoms with Gasteiger partial charge in [-0.25, -0.2) is 8.42 Å². The van der Waals surface area contributed by atoms with Gasteiger partial charge in [0.25, 0.3) is 15.9 Å². The number of nitriles is 1. The van der Waals surface area contributed by atoms with Gasteiger partial charge in [-0.3, -0.25) is 9.52 Å². The van der Waals surface area contributed by atoms with Crippen molar-refractivity contribution in [2.24, 2.45) is 0 Å². The molecule has 1 heterocycles. The standard InChI is InChI=1S/C19H19N3O3S/c20-14-15-4-8-17(9-5-15)21-26(24,25)18-10-6-16(7-11-18)19(23)22-12-2-1-3-13-22/h4-11,21H,1-3,12-13H2. The maximum atomic E-state index is 12.5. The molecule has 2 aromatic carbocycles. The van der Waals surface area contributed by atoms with E-state index in [0.717, 1.165) is 32.4 Å². The van der Waals surface area contributed by atoms with Crippen LogP contribution in [0.4, 0.5) is 5.69 Å². The summed E-state index contributed by atoms with van der Waals surface area (Å²) in [6.07, 6.45) is 3.15. The Morgan fingerprint density at radius 1 is 0.962 bits per heavy atom. The third-order valence-electron chi connectivity index (χ3n) is 4.32. The molecule has 134 valence electrons. The molecule has 1 aliphatic heterocycles. The van der Waals surface area contributed by atoms with Crippen LogP contribution in [0.5, 0.6) is 0 Å². The molecule has 0 unspecified atom stereocenters. The van der Waals surface area contributed by atoms with Crippen LogP contribution in [0.2, 0.25) is 0 Å². The van der Waals surface area contributed by atoms with Crippen molar-refractivity contribution in [3.8, 4) is 6.07 Å². The minimum absolute atomic E-state index is 0.0614. The highest BCUT2D eigenvalue weighted by molar-refractivity contribution is 7.92. The summed E-state index contributed by atoms with van der Waals surface area (Å²) in [6, 6.07) is 14.1. The predicted octanol–water partition coefficient (Wildman–Crippen LogP) is 2.99. The molecule has 7 heteroatoms. The number of anilines is 1. The van der Waals surface area contributed by atoms with E-state index in [1.165, 1.54) is 36.4 Å². The fourth-order valence-corrected chi connectivity index (χ4v) is 3.94. The highest BCUT2D eigenvalue weighted by atomic mass is 32.2. The smallest absolute Gasteiger partial charge is 0.261 e. The molecule has 1 saturated heterocycles. The number of hydrogen-bond donors (Lipinski definition) is 1. The Morgan fingerprint density at radius 2 is 1.58 bits per heavy atom. The number of sulfonamides is 1. The first-order chi connectivity index (χ1) is 12.5. The van der Waals surface area contributed by atoms with Gasteiger partial charge in [-0.2, -0.15) is 5.26 Å². The lowest BCUT2D eigenvalue weighted by Crippen LogP contribution is -2.35. The Balaban J connectivity index is 1.73. The molecule has 2 aromatic rings. The van der Waals surface area contributed by atoms with E-state index in [9.17, 15) is 13.2 Å². The van der Waals surface area contributed by atoms with Crippen LogP contribution in [-0.2, 0) is 10.0 Å². The lowest BCUT2D eigenvalue weighted by Gasteiger charge is -2.26. The van der Waals surface area contributed by atoms with E-state index in [1.807, 2.05) is 11.0 Å². The molecule has 0 bridgehead atoms. The summed E-state index contributed by atoms with van der Waals surface area (Å²) >= 11 is 0. The van der Waals surface area contributed by atoms with E-state index in [-0.39, 0.29) is 10.8 Å². The first kappa shape index (κ1) is 18.0. The van der Waals surface area contributed by atoms with E-state index in [4.69, 9.17) is 5.26 Å². The zero-order valence-corrected chi connectivity index (χ0v) is 15.0. The normalized spacial score (nSPS) is 14.5. The number of carbonyl (C=O) groups is 1. The first-order valence-electron chi connectivity index (χ1n) is 8.42. The molecule has 3 rings (SSSR count). The number of benzene rings is 2. The van der Waals surface area contributed by atoms with Crippen LogP contribution in [0.1, 0.15) is 35.2 Å². The third-order valence-corrected chi connectivity index (χ3v) is 5.72. The number of nitrogens with zero attached hydrogens (tertiary/aromatic N) is 2. The molecule has 26 heavy (non-hydrogen) atoms. The fraction of sp³-hybridized carbons (Fsp3) is 0.263. The lowest BCUT2D eigenvalue weighted by molar-refractivity contribution is 0.0724. The van der Waals surface area contributed by atoms with Crippen molar-refractivity contribution < 1.29 is 13.2 Å². The average molecular weight is 369 g/mol. The molecule has 0 saturated carbocycles. The van der Waals surface area contributed by atoms with Crippen molar-refractivity contribution >= 4 is 21.6 Å². The van der Waals surface area contributed by atoms with Crippen LogP contribution >= 0.6 is 0 Å². The molecule has 6 nitrogen and oxygen atoms in total. The zero-order chi connectivity index (χ0) is 18.6. The van der Waals surface area contributed by atoms with Crippen molar-refractivity contribution in [2.45, 2.75) is 24.2 Å². The number of likely N-dealkylation sites (tertiary alicyclic amines) is 1. The van der Waals surface area contributed by atoms with Crippen molar-refractivity contribution in [1.29, 1.82) is 5.26 Å². The molecule has 1 fully saturated rings. The Hall–Kier alpha value is -2.85. The van der Waals surface area contributed by atoms with Gasteiger partial charge in [0.15, 0.2) is 0 Å². The van der Waals surface area contributed by atoms with Gasteiger partial charge < -0.3 is 4.90 Å². The topological polar surface area (TPSA) is 90.3 Å². The summed E-state index contributed by atoms with van der Waals surface area (Å²) in [4.78, 5) is 14.3.